The summed E-state index contributed by atoms with van der Waals surface area (Å²) in [6.45, 7) is 1.71. The lowest BCUT2D eigenvalue weighted by Crippen LogP contribution is -2.47. The molecule has 30 heavy (non-hydrogen) atoms. The van der Waals surface area contributed by atoms with Crippen LogP contribution in [-0.2, 0) is 21.9 Å². The number of fused-ring (bicyclic) bond motifs is 1. The van der Waals surface area contributed by atoms with Crippen LogP contribution in [0.5, 0.6) is 0 Å². The Morgan fingerprint density at radius 3 is 2.40 bits per heavy atom. The molecule has 0 spiro atoms. The number of nitrogens with zero attached hydrogens (tertiary/aromatic N) is 2. The fourth-order valence-corrected chi connectivity index (χ4v) is 5.79. The number of hydrogen-bond acceptors (Lipinski definition) is 5. The number of rotatable bonds is 6. The largest absolute Gasteiger partial charge is 0.324 e. The maximum atomic E-state index is 13.0. The molecular formula is C19H19Cl2N3O4S2. The zero-order valence-corrected chi connectivity index (χ0v) is 19.5. The highest BCUT2D eigenvalue weighted by Crippen LogP contribution is 2.30. The van der Waals surface area contributed by atoms with Crippen molar-refractivity contribution in [3.05, 3.63) is 56.1 Å². The highest BCUT2D eigenvalue weighted by atomic mass is 35.5. The third kappa shape index (κ3) is 4.64. The first-order chi connectivity index (χ1) is 14.0. The van der Waals surface area contributed by atoms with Crippen molar-refractivity contribution >= 4 is 72.1 Å². The molecule has 7 nitrogen and oxygen atoms in total. The van der Waals surface area contributed by atoms with Gasteiger partial charge in [-0.1, -0.05) is 41.5 Å². The standard InChI is InChI=1S/C19H19Cl2N3O4S2/c1-4-15(24(30(3,27)28)14-8-11(20)7-12(21)9-14)18(25)22-13-5-6-16-17(10-13)29-19(26)23(16)2/h5-10,15H,4H2,1-3H3,(H,22,25). The number of halogens is 2. The molecule has 2 aromatic carbocycles. The van der Waals surface area contributed by atoms with Crippen LogP contribution in [0.2, 0.25) is 10.0 Å². The lowest BCUT2D eigenvalue weighted by molar-refractivity contribution is -0.117. The lowest BCUT2D eigenvalue weighted by atomic mass is 10.1. The molecule has 11 heteroatoms. The van der Waals surface area contributed by atoms with Gasteiger partial charge in [-0.15, -0.1) is 0 Å². The van der Waals surface area contributed by atoms with Crippen molar-refractivity contribution in [3.8, 4) is 0 Å². The molecule has 0 radical (unpaired) electrons. The van der Waals surface area contributed by atoms with Crippen LogP contribution in [0.1, 0.15) is 13.3 Å². The third-order valence-electron chi connectivity index (χ3n) is 4.49. The predicted octanol–water partition coefficient (Wildman–Crippen LogP) is 4.09. The molecule has 0 saturated heterocycles. The summed E-state index contributed by atoms with van der Waals surface area (Å²) in [6.07, 6.45) is 1.23. The molecule has 0 bridgehead atoms. The van der Waals surface area contributed by atoms with Crippen molar-refractivity contribution in [1.29, 1.82) is 0 Å². The van der Waals surface area contributed by atoms with E-state index in [0.29, 0.717) is 5.69 Å². The van der Waals surface area contributed by atoms with Crippen LogP contribution in [0.25, 0.3) is 10.2 Å². The molecule has 0 fully saturated rings. The Morgan fingerprint density at radius 2 is 1.83 bits per heavy atom. The minimum atomic E-state index is -3.82. The third-order valence-corrected chi connectivity index (χ3v) is 7.10. The van der Waals surface area contributed by atoms with Gasteiger partial charge < -0.3 is 9.88 Å². The molecule has 0 saturated carbocycles. The molecule has 1 N–H and O–H groups in total. The van der Waals surface area contributed by atoms with E-state index >= 15 is 0 Å². The van der Waals surface area contributed by atoms with Crippen LogP contribution in [-0.4, -0.2) is 31.2 Å². The number of sulfonamides is 1. The SMILES string of the molecule is CCC(C(=O)Nc1ccc2c(c1)sc(=O)n2C)N(c1cc(Cl)cc(Cl)c1)S(C)(=O)=O. The van der Waals surface area contributed by atoms with Gasteiger partial charge in [0.15, 0.2) is 0 Å². The monoisotopic (exact) mass is 487 g/mol. The number of carbonyl (C=O) groups excluding carboxylic acids is 1. The number of benzene rings is 2. The Morgan fingerprint density at radius 1 is 1.20 bits per heavy atom. The zero-order chi connectivity index (χ0) is 22.2. The summed E-state index contributed by atoms with van der Waals surface area (Å²) in [5.74, 6) is -0.512. The first-order valence-electron chi connectivity index (χ1n) is 8.87. The molecular weight excluding hydrogens is 469 g/mol. The second kappa shape index (κ2) is 8.58. The van der Waals surface area contributed by atoms with E-state index in [1.165, 1.54) is 22.8 Å². The van der Waals surface area contributed by atoms with Crippen molar-refractivity contribution in [1.82, 2.24) is 4.57 Å². The van der Waals surface area contributed by atoms with Crippen molar-refractivity contribution in [2.24, 2.45) is 7.05 Å². The summed E-state index contributed by atoms with van der Waals surface area (Å²) >= 11 is 13.1. The summed E-state index contributed by atoms with van der Waals surface area (Å²) in [6, 6.07) is 8.42. The van der Waals surface area contributed by atoms with E-state index in [0.717, 1.165) is 32.1 Å². The van der Waals surface area contributed by atoms with Gasteiger partial charge in [0.1, 0.15) is 6.04 Å². The molecule has 160 valence electrons. The highest BCUT2D eigenvalue weighted by Gasteiger charge is 2.32. The van der Waals surface area contributed by atoms with Crippen LogP contribution in [0, 0.1) is 0 Å². The Kier molecular flexibility index (Phi) is 6.47. The van der Waals surface area contributed by atoms with Crippen LogP contribution >= 0.6 is 34.5 Å². The molecule has 0 aliphatic rings. The average molecular weight is 488 g/mol. The van der Waals surface area contributed by atoms with E-state index in [9.17, 15) is 18.0 Å². The van der Waals surface area contributed by atoms with Crippen LogP contribution in [0.15, 0.2) is 41.2 Å². The molecule has 0 aliphatic carbocycles. The van der Waals surface area contributed by atoms with Gasteiger partial charge in [0.25, 0.3) is 0 Å². The number of hydrogen-bond donors (Lipinski definition) is 1. The summed E-state index contributed by atoms with van der Waals surface area (Å²) in [5.41, 5.74) is 1.42. The predicted molar refractivity (Wildman–Crippen MR) is 124 cm³/mol. The van der Waals surface area contributed by atoms with Gasteiger partial charge >= 0.3 is 4.87 Å². The van der Waals surface area contributed by atoms with E-state index in [2.05, 4.69) is 5.32 Å². The normalized spacial score (nSPS) is 12.7. The molecule has 1 amide bonds. The first kappa shape index (κ1) is 22.6. The number of aryl methyl sites for hydroxylation is 1. The second-order valence-corrected chi connectivity index (χ2v) is 10.4. The maximum Gasteiger partial charge on any atom is 0.307 e. The van der Waals surface area contributed by atoms with Gasteiger partial charge in [0.2, 0.25) is 15.9 Å². The molecule has 3 rings (SSSR count). The van der Waals surface area contributed by atoms with Crippen LogP contribution in [0.4, 0.5) is 11.4 Å². The maximum absolute atomic E-state index is 13.0. The van der Waals surface area contributed by atoms with Crippen LogP contribution in [0.3, 0.4) is 0 Å². The van der Waals surface area contributed by atoms with E-state index in [1.807, 2.05) is 0 Å². The van der Waals surface area contributed by atoms with Gasteiger partial charge in [0, 0.05) is 22.8 Å². The Balaban J connectivity index is 1.97. The fraction of sp³-hybridized carbons (Fsp3) is 0.263. The highest BCUT2D eigenvalue weighted by molar-refractivity contribution is 7.92. The Labute approximate surface area is 187 Å². The number of thiazole rings is 1. The Bertz CT molecular complexity index is 1260. The minimum Gasteiger partial charge on any atom is -0.324 e. The second-order valence-electron chi connectivity index (χ2n) is 6.71. The fourth-order valence-electron chi connectivity index (χ4n) is 3.16. The first-order valence-corrected chi connectivity index (χ1v) is 12.3. The van der Waals surface area contributed by atoms with Gasteiger partial charge in [-0.05, 0) is 42.8 Å². The lowest BCUT2D eigenvalue weighted by Gasteiger charge is -2.30. The minimum absolute atomic E-state index is 0.110. The summed E-state index contributed by atoms with van der Waals surface area (Å²) < 4.78 is 28.4. The van der Waals surface area contributed by atoms with E-state index in [4.69, 9.17) is 23.2 Å². The molecule has 1 aromatic heterocycles. The molecule has 1 atom stereocenters. The van der Waals surface area contributed by atoms with Gasteiger partial charge in [-0.2, -0.15) is 0 Å². The summed E-state index contributed by atoms with van der Waals surface area (Å²) in [4.78, 5) is 24.8. The van der Waals surface area contributed by atoms with Gasteiger partial charge in [-0.3, -0.25) is 13.9 Å². The van der Waals surface area contributed by atoms with Crippen molar-refractivity contribution in [3.63, 3.8) is 0 Å². The number of anilines is 2. The van der Waals surface area contributed by atoms with E-state index < -0.39 is 22.0 Å². The van der Waals surface area contributed by atoms with Crippen molar-refractivity contribution in [2.75, 3.05) is 15.9 Å². The van der Waals surface area contributed by atoms with Gasteiger partial charge in [0.05, 0.1) is 22.2 Å². The zero-order valence-electron chi connectivity index (χ0n) is 16.3. The smallest absolute Gasteiger partial charge is 0.307 e. The molecule has 1 unspecified atom stereocenters. The summed E-state index contributed by atoms with van der Waals surface area (Å²) in [7, 11) is -2.15. The van der Waals surface area contributed by atoms with Crippen molar-refractivity contribution in [2.45, 2.75) is 19.4 Å². The average Bonchev–Trinajstić information content (AvgIpc) is 2.91. The summed E-state index contributed by atoms with van der Waals surface area (Å²) in [5, 5.41) is 3.26. The number of nitrogens with one attached hydrogen (secondary N) is 1. The quantitative estimate of drug-likeness (QED) is 0.566. The molecule has 1 heterocycles. The van der Waals surface area contributed by atoms with Crippen LogP contribution < -0.4 is 14.5 Å². The van der Waals surface area contributed by atoms with E-state index in [1.54, 1.807) is 32.2 Å². The Hall–Kier alpha value is -2.07. The van der Waals surface area contributed by atoms with E-state index in [-0.39, 0.29) is 27.0 Å². The molecule has 0 aliphatic heterocycles. The topological polar surface area (TPSA) is 88.5 Å². The van der Waals surface area contributed by atoms with Gasteiger partial charge in [-0.25, -0.2) is 8.42 Å². The number of aromatic nitrogens is 1. The van der Waals surface area contributed by atoms with Crippen molar-refractivity contribution < 1.29 is 13.2 Å². The molecule has 3 aromatic rings. The number of amides is 1. The number of carbonyl (C=O) groups is 1.